The molecule has 0 bridgehead atoms. The van der Waals surface area contributed by atoms with Crippen LogP contribution in [0.25, 0.3) is 0 Å². The predicted octanol–water partition coefficient (Wildman–Crippen LogP) is 1.91. The van der Waals surface area contributed by atoms with E-state index in [-0.39, 0.29) is 16.8 Å². The van der Waals surface area contributed by atoms with Gasteiger partial charge in [0, 0.05) is 12.8 Å². The zero-order chi connectivity index (χ0) is 14.8. The first-order valence-corrected chi connectivity index (χ1v) is 8.39. The first-order valence-electron chi connectivity index (χ1n) is 6.50. The lowest BCUT2D eigenvalue weighted by atomic mass is 10.2. The van der Waals surface area contributed by atoms with Crippen LogP contribution in [0, 0.1) is 5.92 Å². The summed E-state index contributed by atoms with van der Waals surface area (Å²) >= 11 is 0. The van der Waals surface area contributed by atoms with Crippen LogP contribution < -0.4 is 11.1 Å². The maximum atomic E-state index is 11.9. The van der Waals surface area contributed by atoms with Crippen LogP contribution >= 0.6 is 0 Å². The lowest BCUT2D eigenvalue weighted by molar-refractivity contribution is 0.485. The molecule has 0 fully saturated rings. The van der Waals surface area contributed by atoms with Gasteiger partial charge in [-0.2, -0.15) is 5.10 Å². The summed E-state index contributed by atoms with van der Waals surface area (Å²) in [4.78, 5) is 0.105. The number of sulfone groups is 1. The number of nitrogens with one attached hydrogen (secondary N) is 1. The van der Waals surface area contributed by atoms with E-state index in [1.165, 1.54) is 0 Å². The Balaban J connectivity index is 3.28. The minimum absolute atomic E-state index is 0.0649. The summed E-state index contributed by atoms with van der Waals surface area (Å²) in [5.74, 6) is 0.958. The molecule has 7 heteroatoms. The lowest BCUT2D eigenvalue weighted by Crippen LogP contribution is -2.11. The minimum Gasteiger partial charge on any atom is -0.383 e. The van der Waals surface area contributed by atoms with Crippen molar-refractivity contribution in [1.82, 2.24) is 9.78 Å². The van der Waals surface area contributed by atoms with Crippen LogP contribution in [0.5, 0.6) is 0 Å². The van der Waals surface area contributed by atoms with Gasteiger partial charge >= 0.3 is 0 Å². The maximum absolute atomic E-state index is 11.9. The standard InChI is InChI=1S/C12H24N4O2S/c1-6-9(4)16-11(13)10(19(5,17)18)12(15-16)14-7-8(2)3/h8-9H,6-7,13H2,1-5H3,(H,14,15). The van der Waals surface area contributed by atoms with Crippen molar-refractivity contribution in [3.05, 3.63) is 0 Å². The minimum atomic E-state index is -3.40. The summed E-state index contributed by atoms with van der Waals surface area (Å²) in [6, 6.07) is 0.0649. The quantitative estimate of drug-likeness (QED) is 0.834. The second kappa shape index (κ2) is 5.81. The predicted molar refractivity (Wildman–Crippen MR) is 78.1 cm³/mol. The van der Waals surface area contributed by atoms with Gasteiger partial charge in [-0.15, -0.1) is 0 Å². The number of hydrogen-bond donors (Lipinski definition) is 2. The SMILES string of the molecule is CCC(C)n1nc(NCC(C)C)c(S(C)(=O)=O)c1N. The molecule has 6 nitrogen and oxygen atoms in total. The molecule has 19 heavy (non-hydrogen) atoms. The molecule has 1 atom stereocenters. The molecule has 0 aliphatic heterocycles. The molecule has 1 aromatic heterocycles. The highest BCUT2D eigenvalue weighted by Crippen LogP contribution is 2.30. The summed E-state index contributed by atoms with van der Waals surface area (Å²) in [6.45, 7) is 8.71. The highest BCUT2D eigenvalue weighted by Gasteiger charge is 2.25. The van der Waals surface area contributed by atoms with Crippen LogP contribution in [-0.4, -0.2) is 31.0 Å². The van der Waals surface area contributed by atoms with Gasteiger partial charge in [-0.05, 0) is 19.3 Å². The Hall–Kier alpha value is -1.24. The number of rotatable bonds is 6. The summed E-state index contributed by atoms with van der Waals surface area (Å²) in [5, 5.41) is 7.39. The second-order valence-electron chi connectivity index (χ2n) is 5.31. The van der Waals surface area contributed by atoms with Crippen molar-refractivity contribution >= 4 is 21.5 Å². The molecule has 0 amide bonds. The fraction of sp³-hybridized carbons (Fsp3) is 0.750. The second-order valence-corrected chi connectivity index (χ2v) is 7.26. The van der Waals surface area contributed by atoms with Crippen LogP contribution in [0.1, 0.15) is 40.2 Å². The van der Waals surface area contributed by atoms with Crippen molar-refractivity contribution in [2.75, 3.05) is 23.9 Å². The van der Waals surface area contributed by atoms with Crippen molar-refractivity contribution in [2.45, 2.75) is 45.1 Å². The van der Waals surface area contributed by atoms with Crippen LogP contribution in [0.2, 0.25) is 0 Å². The Morgan fingerprint density at radius 3 is 2.37 bits per heavy atom. The van der Waals surface area contributed by atoms with E-state index in [2.05, 4.69) is 10.4 Å². The topological polar surface area (TPSA) is 90.0 Å². The molecule has 0 spiro atoms. The maximum Gasteiger partial charge on any atom is 0.182 e. The van der Waals surface area contributed by atoms with E-state index in [0.29, 0.717) is 18.3 Å². The lowest BCUT2D eigenvalue weighted by Gasteiger charge is -2.10. The Morgan fingerprint density at radius 1 is 1.37 bits per heavy atom. The first kappa shape index (κ1) is 15.8. The Labute approximate surface area is 115 Å². The van der Waals surface area contributed by atoms with Crippen molar-refractivity contribution in [1.29, 1.82) is 0 Å². The number of hydrogen-bond acceptors (Lipinski definition) is 5. The summed E-state index contributed by atoms with van der Waals surface area (Å²) < 4.78 is 25.3. The number of nitrogens with zero attached hydrogens (tertiary/aromatic N) is 2. The molecular weight excluding hydrogens is 264 g/mol. The van der Waals surface area contributed by atoms with Gasteiger partial charge in [-0.25, -0.2) is 13.1 Å². The first-order chi connectivity index (χ1) is 8.68. The third-order valence-electron chi connectivity index (χ3n) is 2.96. The highest BCUT2D eigenvalue weighted by atomic mass is 32.2. The normalized spacial score (nSPS) is 13.8. The van der Waals surface area contributed by atoms with E-state index in [0.717, 1.165) is 12.7 Å². The molecule has 0 aliphatic carbocycles. The van der Waals surface area contributed by atoms with Gasteiger partial charge in [0.2, 0.25) is 0 Å². The molecule has 1 unspecified atom stereocenters. The average molecular weight is 288 g/mol. The average Bonchev–Trinajstić information content (AvgIpc) is 2.62. The molecule has 0 aliphatic rings. The van der Waals surface area contributed by atoms with E-state index >= 15 is 0 Å². The molecule has 0 saturated carbocycles. The Morgan fingerprint density at radius 2 is 1.95 bits per heavy atom. The summed E-state index contributed by atoms with van der Waals surface area (Å²) in [5.41, 5.74) is 5.95. The fourth-order valence-electron chi connectivity index (χ4n) is 1.72. The van der Waals surface area contributed by atoms with Gasteiger partial charge in [-0.3, -0.25) is 0 Å². The summed E-state index contributed by atoms with van der Waals surface area (Å²) in [6.07, 6.45) is 1.99. The number of anilines is 2. The van der Waals surface area contributed by atoms with Crippen molar-refractivity contribution in [3.8, 4) is 0 Å². The van der Waals surface area contributed by atoms with Gasteiger partial charge in [0.1, 0.15) is 5.82 Å². The zero-order valence-corrected chi connectivity index (χ0v) is 13.1. The largest absolute Gasteiger partial charge is 0.383 e. The van der Waals surface area contributed by atoms with Gasteiger partial charge in [-0.1, -0.05) is 20.8 Å². The number of nitrogens with two attached hydrogens (primary N) is 1. The highest BCUT2D eigenvalue weighted by molar-refractivity contribution is 7.91. The summed E-state index contributed by atoms with van der Waals surface area (Å²) in [7, 11) is -3.40. The van der Waals surface area contributed by atoms with Crippen LogP contribution in [0.15, 0.2) is 4.90 Å². The molecule has 110 valence electrons. The van der Waals surface area contributed by atoms with Crippen LogP contribution in [0.3, 0.4) is 0 Å². The fourth-order valence-corrected chi connectivity index (χ4v) is 2.66. The Kier molecular flexibility index (Phi) is 4.84. The number of nitrogen functional groups attached to an aromatic ring is 1. The van der Waals surface area contributed by atoms with E-state index in [4.69, 9.17) is 5.73 Å². The van der Waals surface area contributed by atoms with Crippen molar-refractivity contribution in [3.63, 3.8) is 0 Å². The van der Waals surface area contributed by atoms with E-state index in [9.17, 15) is 8.42 Å². The van der Waals surface area contributed by atoms with E-state index < -0.39 is 9.84 Å². The zero-order valence-electron chi connectivity index (χ0n) is 12.3. The smallest absolute Gasteiger partial charge is 0.182 e. The molecule has 3 N–H and O–H groups in total. The molecule has 1 heterocycles. The van der Waals surface area contributed by atoms with E-state index in [1.54, 1.807) is 4.68 Å². The monoisotopic (exact) mass is 288 g/mol. The van der Waals surface area contributed by atoms with Gasteiger partial charge in [0.05, 0.1) is 6.04 Å². The molecule has 1 aromatic rings. The van der Waals surface area contributed by atoms with Crippen LogP contribution in [0.4, 0.5) is 11.6 Å². The number of aromatic nitrogens is 2. The van der Waals surface area contributed by atoms with Crippen molar-refractivity contribution in [2.24, 2.45) is 5.92 Å². The van der Waals surface area contributed by atoms with Crippen molar-refractivity contribution < 1.29 is 8.42 Å². The van der Waals surface area contributed by atoms with Gasteiger partial charge < -0.3 is 11.1 Å². The van der Waals surface area contributed by atoms with Crippen LogP contribution in [-0.2, 0) is 9.84 Å². The molecule has 0 saturated heterocycles. The third-order valence-corrected chi connectivity index (χ3v) is 4.10. The molecule has 0 radical (unpaired) electrons. The molecule has 1 rings (SSSR count). The Bertz CT molecular complexity index is 534. The van der Waals surface area contributed by atoms with Gasteiger partial charge in [0.25, 0.3) is 0 Å². The third kappa shape index (κ3) is 3.62. The molecular formula is C12H24N4O2S. The van der Waals surface area contributed by atoms with Gasteiger partial charge in [0.15, 0.2) is 20.6 Å². The molecule has 0 aromatic carbocycles. The van der Waals surface area contributed by atoms with E-state index in [1.807, 2.05) is 27.7 Å².